The molecule has 1 atom stereocenters. The number of esters is 2. The predicted molar refractivity (Wildman–Crippen MR) is 81.9 cm³/mol. The van der Waals surface area contributed by atoms with E-state index in [1.54, 1.807) is 13.0 Å². The molecule has 23 heavy (non-hydrogen) atoms. The van der Waals surface area contributed by atoms with Crippen LogP contribution < -0.4 is 0 Å². The fourth-order valence-electron chi connectivity index (χ4n) is 1.93. The van der Waals surface area contributed by atoms with E-state index in [-0.39, 0.29) is 0 Å². The lowest BCUT2D eigenvalue weighted by molar-refractivity contribution is -0.487. The van der Waals surface area contributed by atoms with E-state index >= 15 is 0 Å². The van der Waals surface area contributed by atoms with Gasteiger partial charge in [-0.15, -0.1) is 0 Å². The van der Waals surface area contributed by atoms with E-state index in [0.717, 1.165) is 14.2 Å². The lowest BCUT2D eigenvalue weighted by Gasteiger charge is -2.21. The summed E-state index contributed by atoms with van der Waals surface area (Å²) in [5.74, 6) is -3.97. The molecule has 0 saturated carbocycles. The third-order valence-electron chi connectivity index (χ3n) is 3.14. The molecule has 1 unspecified atom stereocenters. The van der Waals surface area contributed by atoms with Crippen LogP contribution in [0, 0.1) is 22.0 Å². The summed E-state index contributed by atoms with van der Waals surface area (Å²) in [6.45, 7) is 4.59. The van der Waals surface area contributed by atoms with Gasteiger partial charge in [0.25, 0.3) is 0 Å². The summed E-state index contributed by atoms with van der Waals surface area (Å²) in [4.78, 5) is 34.2. The van der Waals surface area contributed by atoms with Crippen LogP contribution in [0.3, 0.4) is 0 Å². The monoisotopic (exact) mass is 327 g/mol. The Morgan fingerprint density at radius 3 is 2.00 bits per heavy atom. The van der Waals surface area contributed by atoms with Crippen LogP contribution in [0.5, 0.6) is 0 Å². The molecule has 0 heterocycles. The number of carbonyl (C=O) groups is 2. The van der Waals surface area contributed by atoms with Crippen LogP contribution in [0.15, 0.2) is 36.1 Å². The Bertz CT molecular complexity index is 506. The molecule has 0 aliphatic rings. The summed E-state index contributed by atoms with van der Waals surface area (Å²) >= 11 is 0. The van der Waals surface area contributed by atoms with Crippen LogP contribution in [0.4, 0.5) is 0 Å². The Morgan fingerprint density at radius 1 is 1.13 bits per heavy atom. The summed E-state index contributed by atoms with van der Waals surface area (Å²) in [7, 11) is 3.61. The minimum absolute atomic E-state index is 0.317. The molecule has 8 heteroatoms. The van der Waals surface area contributed by atoms with E-state index < -0.39 is 35.2 Å². The van der Waals surface area contributed by atoms with Crippen LogP contribution in [0.25, 0.3) is 0 Å². The van der Waals surface area contributed by atoms with Crippen LogP contribution in [-0.2, 0) is 23.8 Å². The van der Waals surface area contributed by atoms with Gasteiger partial charge in [-0.05, 0) is 18.6 Å². The van der Waals surface area contributed by atoms with Gasteiger partial charge in [0.1, 0.15) is 5.76 Å². The zero-order valence-corrected chi connectivity index (χ0v) is 13.6. The number of nitro groups is 1. The summed E-state index contributed by atoms with van der Waals surface area (Å²) in [6.07, 6.45) is 4.54. The zero-order chi connectivity index (χ0) is 18.0. The number of hydrogen-bond acceptors (Lipinski definition) is 7. The molecule has 0 spiro atoms. The van der Waals surface area contributed by atoms with E-state index in [4.69, 9.17) is 4.74 Å². The fraction of sp³-hybridized carbons (Fsp3) is 0.467. The highest BCUT2D eigenvalue weighted by molar-refractivity contribution is 5.95. The first-order chi connectivity index (χ1) is 10.8. The second kappa shape index (κ2) is 10.1. The van der Waals surface area contributed by atoms with Crippen molar-refractivity contribution < 1.29 is 28.7 Å². The molecule has 8 nitrogen and oxygen atoms in total. The summed E-state index contributed by atoms with van der Waals surface area (Å²) in [6, 6.07) is 0. The number of methoxy groups -OCH3 is 3. The van der Waals surface area contributed by atoms with E-state index in [0.29, 0.717) is 11.3 Å². The number of ether oxygens (including phenoxy) is 3. The van der Waals surface area contributed by atoms with Crippen molar-refractivity contribution >= 4 is 11.9 Å². The van der Waals surface area contributed by atoms with Gasteiger partial charge in [-0.25, -0.2) is 0 Å². The van der Waals surface area contributed by atoms with Gasteiger partial charge in [0.15, 0.2) is 5.92 Å². The van der Waals surface area contributed by atoms with Crippen molar-refractivity contribution in [2.45, 2.75) is 6.92 Å². The van der Waals surface area contributed by atoms with Crippen LogP contribution >= 0.6 is 0 Å². The summed E-state index contributed by atoms with van der Waals surface area (Å²) in [5, 5.41) is 11.0. The highest BCUT2D eigenvalue weighted by Gasteiger charge is 2.41. The molecule has 0 fully saturated rings. The normalized spacial score (nSPS) is 12.8. The Labute approximate surface area is 134 Å². The van der Waals surface area contributed by atoms with Crippen molar-refractivity contribution in [1.29, 1.82) is 0 Å². The number of hydrogen-bond donors (Lipinski definition) is 0. The van der Waals surface area contributed by atoms with Crippen molar-refractivity contribution in [1.82, 2.24) is 0 Å². The van der Waals surface area contributed by atoms with Crippen LogP contribution in [-0.4, -0.2) is 44.7 Å². The maximum absolute atomic E-state index is 11.9. The Morgan fingerprint density at radius 2 is 1.65 bits per heavy atom. The highest BCUT2D eigenvalue weighted by atomic mass is 16.6. The standard InChI is InChI=1S/C15H21NO7/c1-6-11(8-7-10(2)21-3)12(9-16(19)20)13(14(17)22-4)15(18)23-5/h6-8,12-13H,2,9H2,1,3-5H3/b8-7-,11-6+. The van der Waals surface area contributed by atoms with Crippen molar-refractivity contribution in [3.63, 3.8) is 0 Å². The zero-order valence-electron chi connectivity index (χ0n) is 13.6. The quantitative estimate of drug-likeness (QED) is 0.158. The molecule has 0 rings (SSSR count). The maximum Gasteiger partial charge on any atom is 0.320 e. The number of allylic oxidation sites excluding steroid dienone is 3. The third-order valence-corrected chi connectivity index (χ3v) is 3.14. The van der Waals surface area contributed by atoms with Gasteiger partial charge in [-0.1, -0.05) is 18.7 Å². The van der Waals surface area contributed by atoms with Gasteiger partial charge < -0.3 is 14.2 Å². The molecule has 0 amide bonds. The molecule has 0 N–H and O–H groups in total. The lowest BCUT2D eigenvalue weighted by atomic mass is 9.85. The minimum Gasteiger partial charge on any atom is -0.497 e. The van der Waals surface area contributed by atoms with Crippen molar-refractivity contribution in [3.8, 4) is 0 Å². The Hall–Kier alpha value is -2.64. The topological polar surface area (TPSA) is 105 Å². The molecular formula is C15H21NO7. The molecule has 0 aromatic heterocycles. The average molecular weight is 327 g/mol. The molecule has 128 valence electrons. The van der Waals surface area contributed by atoms with Gasteiger partial charge in [0.2, 0.25) is 6.54 Å². The number of carbonyl (C=O) groups excluding carboxylic acids is 2. The van der Waals surface area contributed by atoms with Gasteiger partial charge in [-0.3, -0.25) is 19.7 Å². The van der Waals surface area contributed by atoms with E-state index in [1.807, 2.05) is 0 Å². The number of nitrogens with zero attached hydrogens (tertiary/aromatic N) is 1. The van der Waals surface area contributed by atoms with Crippen LogP contribution in [0.2, 0.25) is 0 Å². The molecule has 0 saturated heterocycles. The van der Waals surface area contributed by atoms with E-state index in [9.17, 15) is 19.7 Å². The van der Waals surface area contributed by atoms with Gasteiger partial charge in [-0.2, -0.15) is 0 Å². The average Bonchev–Trinajstić information content (AvgIpc) is 2.53. The second-order valence-corrected chi connectivity index (χ2v) is 4.44. The van der Waals surface area contributed by atoms with E-state index in [1.165, 1.54) is 19.3 Å². The minimum atomic E-state index is -1.44. The first-order valence-electron chi connectivity index (χ1n) is 6.66. The van der Waals surface area contributed by atoms with Gasteiger partial charge in [0.05, 0.1) is 27.2 Å². The van der Waals surface area contributed by atoms with Gasteiger partial charge >= 0.3 is 11.9 Å². The number of rotatable bonds is 9. The van der Waals surface area contributed by atoms with Crippen molar-refractivity contribution in [2.24, 2.45) is 11.8 Å². The molecular weight excluding hydrogens is 306 g/mol. The third kappa shape index (κ3) is 6.33. The molecule has 0 bridgehead atoms. The first kappa shape index (κ1) is 20.4. The maximum atomic E-state index is 11.9. The van der Waals surface area contributed by atoms with Crippen molar-refractivity contribution in [2.75, 3.05) is 27.9 Å². The van der Waals surface area contributed by atoms with Crippen molar-refractivity contribution in [3.05, 3.63) is 46.3 Å². The lowest BCUT2D eigenvalue weighted by Crippen LogP contribution is -2.37. The first-order valence-corrected chi connectivity index (χ1v) is 6.66. The second-order valence-electron chi connectivity index (χ2n) is 4.44. The molecule has 0 aliphatic carbocycles. The molecule has 0 aromatic carbocycles. The summed E-state index contributed by atoms with van der Waals surface area (Å²) < 4.78 is 14.0. The molecule has 0 aliphatic heterocycles. The molecule has 0 aromatic rings. The van der Waals surface area contributed by atoms with Crippen LogP contribution in [0.1, 0.15) is 6.92 Å². The van der Waals surface area contributed by atoms with E-state index in [2.05, 4.69) is 16.1 Å². The summed E-state index contributed by atoms with van der Waals surface area (Å²) in [5.41, 5.74) is 0.390. The Balaban J connectivity index is 5.81. The SMILES string of the molecule is C=C(/C=C\C(=C/C)C(C[N+](=O)[O-])C(C(=O)OC)C(=O)OC)OC. The smallest absolute Gasteiger partial charge is 0.320 e. The predicted octanol–water partition coefficient (Wildman–Crippen LogP) is 1.50. The van der Waals surface area contributed by atoms with Gasteiger partial charge in [0, 0.05) is 4.92 Å². The molecule has 0 radical (unpaired) electrons. The highest BCUT2D eigenvalue weighted by Crippen LogP contribution is 2.25. The Kier molecular flexibility index (Phi) is 8.98. The largest absolute Gasteiger partial charge is 0.497 e. The fourth-order valence-corrected chi connectivity index (χ4v) is 1.93.